The summed E-state index contributed by atoms with van der Waals surface area (Å²) in [7, 11) is 1.32. The van der Waals surface area contributed by atoms with Gasteiger partial charge in [0.25, 0.3) is 0 Å². The Labute approximate surface area is 261 Å². The fourth-order valence-corrected chi connectivity index (χ4v) is 5.66. The summed E-state index contributed by atoms with van der Waals surface area (Å²) < 4.78 is 11.7. The number of esters is 1. The van der Waals surface area contributed by atoms with E-state index in [-0.39, 0.29) is 24.7 Å². The Hall–Kier alpha value is -3.85. The minimum absolute atomic E-state index is 0.00922. The number of methoxy groups -OCH3 is 1. The van der Waals surface area contributed by atoms with Gasteiger partial charge in [-0.1, -0.05) is 57.3 Å². The summed E-state index contributed by atoms with van der Waals surface area (Å²) in [6, 6.07) is 23.7. The first kappa shape index (κ1) is 29.6. The van der Waals surface area contributed by atoms with Crippen LogP contribution in [0.4, 0.5) is 5.69 Å². The SMILES string of the molecule is COC(=O)c1ccc(Oc2ccc(Br)cc2C2CC(=O)Nc3cc(Cl)ccc3C(c3cccc(Cl)c3)NC(=O)C2)cc1. The predicted octanol–water partition coefficient (Wildman–Crippen LogP) is 8.06. The summed E-state index contributed by atoms with van der Waals surface area (Å²) in [6.45, 7) is 0. The van der Waals surface area contributed by atoms with Crippen LogP contribution >= 0.6 is 39.1 Å². The second-order valence-corrected chi connectivity index (χ2v) is 11.5. The molecule has 2 unspecified atom stereocenters. The highest BCUT2D eigenvalue weighted by atomic mass is 79.9. The van der Waals surface area contributed by atoms with E-state index in [9.17, 15) is 14.4 Å². The summed E-state index contributed by atoms with van der Waals surface area (Å²) in [6.07, 6.45) is 0.0246. The van der Waals surface area contributed by atoms with Gasteiger partial charge in [-0.25, -0.2) is 4.79 Å². The smallest absolute Gasteiger partial charge is 0.337 e. The first-order valence-electron chi connectivity index (χ1n) is 13.0. The van der Waals surface area contributed by atoms with E-state index in [2.05, 4.69) is 26.6 Å². The minimum Gasteiger partial charge on any atom is -0.465 e. The highest BCUT2D eigenvalue weighted by Gasteiger charge is 2.29. The first-order chi connectivity index (χ1) is 20.2. The zero-order valence-electron chi connectivity index (χ0n) is 22.3. The molecular weight excluding hydrogens is 643 g/mol. The number of nitrogens with one attached hydrogen (secondary N) is 2. The van der Waals surface area contributed by atoms with Crippen LogP contribution in [0.1, 0.15) is 51.8 Å². The third-order valence-corrected chi connectivity index (χ3v) is 7.83. The van der Waals surface area contributed by atoms with Crippen molar-refractivity contribution in [3.63, 3.8) is 0 Å². The molecule has 1 aliphatic rings. The van der Waals surface area contributed by atoms with E-state index < -0.39 is 17.9 Å². The Morgan fingerprint density at radius 2 is 1.60 bits per heavy atom. The van der Waals surface area contributed by atoms with Gasteiger partial charge in [0, 0.05) is 50.1 Å². The molecule has 214 valence electrons. The molecule has 1 heterocycles. The van der Waals surface area contributed by atoms with Gasteiger partial charge in [0.1, 0.15) is 11.5 Å². The van der Waals surface area contributed by atoms with E-state index in [0.29, 0.717) is 43.9 Å². The lowest BCUT2D eigenvalue weighted by Gasteiger charge is -2.27. The number of carbonyl (C=O) groups excluding carboxylic acids is 3. The van der Waals surface area contributed by atoms with Gasteiger partial charge >= 0.3 is 5.97 Å². The average Bonchev–Trinajstić information content (AvgIpc) is 2.96. The fraction of sp³-hybridized carbons (Fsp3) is 0.156. The number of halogens is 3. The molecule has 2 N–H and O–H groups in total. The molecular formula is C32H25BrCl2N2O5. The molecule has 42 heavy (non-hydrogen) atoms. The van der Waals surface area contributed by atoms with Crippen molar-refractivity contribution >= 4 is 62.6 Å². The van der Waals surface area contributed by atoms with Crippen LogP contribution in [-0.4, -0.2) is 24.9 Å². The maximum absolute atomic E-state index is 13.6. The normalized spacial score (nSPS) is 17.0. The lowest BCUT2D eigenvalue weighted by atomic mass is 9.89. The molecule has 0 saturated carbocycles. The van der Waals surface area contributed by atoms with Gasteiger partial charge in [0.05, 0.1) is 18.7 Å². The van der Waals surface area contributed by atoms with Gasteiger partial charge in [-0.15, -0.1) is 0 Å². The van der Waals surface area contributed by atoms with E-state index >= 15 is 0 Å². The van der Waals surface area contributed by atoms with Gasteiger partial charge in [0.15, 0.2) is 0 Å². The Morgan fingerprint density at radius 1 is 0.857 bits per heavy atom. The lowest BCUT2D eigenvalue weighted by Crippen LogP contribution is -2.33. The number of rotatable bonds is 5. The van der Waals surface area contributed by atoms with Crippen LogP contribution < -0.4 is 15.4 Å². The quantitative estimate of drug-likeness (QED) is 0.210. The molecule has 10 heteroatoms. The van der Waals surface area contributed by atoms with E-state index in [4.69, 9.17) is 32.7 Å². The Kier molecular flexibility index (Phi) is 9.16. The third-order valence-electron chi connectivity index (χ3n) is 6.87. The largest absolute Gasteiger partial charge is 0.465 e. The van der Waals surface area contributed by atoms with Crippen LogP contribution in [0.2, 0.25) is 10.0 Å². The molecule has 0 fully saturated rings. The molecule has 0 aromatic heterocycles. The molecule has 4 aromatic carbocycles. The summed E-state index contributed by atoms with van der Waals surface area (Å²) >= 11 is 16.1. The number of anilines is 1. The Morgan fingerprint density at radius 3 is 2.33 bits per heavy atom. The minimum atomic E-state index is -0.589. The average molecular weight is 668 g/mol. The molecule has 0 saturated heterocycles. The predicted molar refractivity (Wildman–Crippen MR) is 165 cm³/mol. The molecule has 5 rings (SSSR count). The number of amides is 2. The van der Waals surface area contributed by atoms with Crippen molar-refractivity contribution in [2.45, 2.75) is 24.8 Å². The van der Waals surface area contributed by atoms with Crippen molar-refractivity contribution in [2.24, 2.45) is 0 Å². The van der Waals surface area contributed by atoms with E-state index in [1.54, 1.807) is 60.7 Å². The Balaban J connectivity index is 1.51. The highest BCUT2D eigenvalue weighted by Crippen LogP contribution is 2.39. The van der Waals surface area contributed by atoms with Crippen molar-refractivity contribution in [1.29, 1.82) is 0 Å². The Bertz CT molecular complexity index is 1660. The number of fused-ring (bicyclic) bond motifs is 1. The molecule has 0 spiro atoms. The van der Waals surface area contributed by atoms with E-state index in [0.717, 1.165) is 10.0 Å². The number of ether oxygens (including phenoxy) is 2. The van der Waals surface area contributed by atoms with Crippen molar-refractivity contribution in [1.82, 2.24) is 5.32 Å². The standard InChI is InChI=1S/C32H25BrCl2N2O5/c1-41-32(40)18-5-9-24(10-6-18)42-28-12-7-21(33)16-26(28)20-14-29(38)36-27-17-23(35)8-11-25(27)31(37-30(39)15-20)19-3-2-4-22(34)13-19/h2-13,16-17,20,31H,14-15H2,1H3,(H,36,38)(H,37,39). The van der Waals surface area contributed by atoms with Crippen LogP contribution in [0.15, 0.2) is 89.4 Å². The second kappa shape index (κ2) is 13.0. The monoisotopic (exact) mass is 666 g/mol. The molecule has 0 radical (unpaired) electrons. The highest BCUT2D eigenvalue weighted by molar-refractivity contribution is 9.10. The van der Waals surface area contributed by atoms with Crippen LogP contribution in [-0.2, 0) is 14.3 Å². The van der Waals surface area contributed by atoms with Crippen LogP contribution in [0.3, 0.4) is 0 Å². The third kappa shape index (κ3) is 6.95. The lowest BCUT2D eigenvalue weighted by molar-refractivity contribution is -0.122. The maximum Gasteiger partial charge on any atom is 0.337 e. The summed E-state index contributed by atoms with van der Waals surface area (Å²) in [5.74, 6) is -0.576. The summed E-state index contributed by atoms with van der Waals surface area (Å²) in [5, 5.41) is 7.10. The topological polar surface area (TPSA) is 93.7 Å². The molecule has 4 aromatic rings. The summed E-state index contributed by atoms with van der Waals surface area (Å²) in [5.41, 5.74) is 2.99. The molecule has 0 aliphatic carbocycles. The van der Waals surface area contributed by atoms with Gasteiger partial charge in [-0.05, 0) is 72.3 Å². The van der Waals surface area contributed by atoms with Crippen LogP contribution in [0.25, 0.3) is 0 Å². The zero-order valence-corrected chi connectivity index (χ0v) is 25.4. The van der Waals surface area contributed by atoms with Gasteiger partial charge < -0.3 is 20.1 Å². The zero-order chi connectivity index (χ0) is 29.8. The number of carbonyl (C=O) groups is 3. The van der Waals surface area contributed by atoms with Crippen molar-refractivity contribution < 1.29 is 23.9 Å². The van der Waals surface area contributed by atoms with Gasteiger partial charge in [-0.3, -0.25) is 9.59 Å². The summed E-state index contributed by atoms with van der Waals surface area (Å²) in [4.78, 5) is 38.9. The van der Waals surface area contributed by atoms with Crippen molar-refractivity contribution in [2.75, 3.05) is 12.4 Å². The second-order valence-electron chi connectivity index (χ2n) is 9.74. The molecule has 7 nitrogen and oxygen atoms in total. The number of benzene rings is 4. The van der Waals surface area contributed by atoms with Crippen molar-refractivity contribution in [3.05, 3.63) is 122 Å². The number of hydrogen-bond donors (Lipinski definition) is 2. The molecule has 2 amide bonds. The van der Waals surface area contributed by atoms with Gasteiger partial charge in [-0.2, -0.15) is 0 Å². The van der Waals surface area contributed by atoms with Crippen molar-refractivity contribution in [3.8, 4) is 11.5 Å². The maximum atomic E-state index is 13.6. The number of hydrogen-bond acceptors (Lipinski definition) is 5. The van der Waals surface area contributed by atoms with Gasteiger partial charge in [0.2, 0.25) is 11.8 Å². The van der Waals surface area contributed by atoms with Crippen LogP contribution in [0, 0.1) is 0 Å². The van der Waals surface area contributed by atoms with E-state index in [1.807, 2.05) is 24.3 Å². The molecule has 0 bridgehead atoms. The fourth-order valence-electron chi connectivity index (χ4n) is 4.91. The first-order valence-corrected chi connectivity index (χ1v) is 14.5. The molecule has 2 atom stereocenters. The van der Waals surface area contributed by atoms with E-state index in [1.165, 1.54) is 7.11 Å². The molecule has 1 aliphatic heterocycles. The van der Waals surface area contributed by atoms with Crippen LogP contribution in [0.5, 0.6) is 11.5 Å².